The first-order valence-corrected chi connectivity index (χ1v) is 15.9. The molecule has 0 nitrogen and oxygen atoms in total. The van der Waals surface area contributed by atoms with Crippen LogP contribution in [0.3, 0.4) is 0 Å². The summed E-state index contributed by atoms with van der Waals surface area (Å²) in [7, 11) is 2.92. The Morgan fingerprint density at radius 2 is 1.00 bits per heavy atom. The van der Waals surface area contributed by atoms with Crippen LogP contribution in [0.5, 0.6) is 0 Å². The van der Waals surface area contributed by atoms with Gasteiger partial charge < -0.3 is 0 Å². The molecule has 0 aromatic heterocycles. The maximum absolute atomic E-state index is 2.92. The number of benzene rings is 2. The van der Waals surface area contributed by atoms with Crippen molar-refractivity contribution in [3.8, 4) is 0 Å². The summed E-state index contributed by atoms with van der Waals surface area (Å²) in [5.74, 6) is 0.543. The Kier molecular flexibility index (Phi) is 15.6. The highest BCUT2D eigenvalue weighted by atomic mass is 31.0. The first-order valence-electron chi connectivity index (χ1n) is 15.1. The van der Waals surface area contributed by atoms with Crippen LogP contribution in [0.25, 0.3) is 0 Å². The Morgan fingerprint density at radius 1 is 0.543 bits per heavy atom. The third-order valence-corrected chi connectivity index (χ3v) is 8.13. The molecule has 2 aromatic rings. The van der Waals surface area contributed by atoms with E-state index in [1.165, 1.54) is 109 Å². The normalized spacial score (nSPS) is 11.5. The molecule has 2 rings (SSSR count). The van der Waals surface area contributed by atoms with Crippen molar-refractivity contribution < 1.29 is 0 Å². The van der Waals surface area contributed by atoms with Crippen LogP contribution in [-0.2, 0) is 25.7 Å². The van der Waals surface area contributed by atoms with E-state index in [0.717, 1.165) is 0 Å². The standard InChI is InChI=1S/C34H55P/c1-5-9-18-28-20-16-25-32(30(28)22-11-7-3)34(24-14-13-15-27-35)33-26-17-21-29(19-10-6-2)31(33)23-12-8-4/h16-17,20-21,25-26,34H,5-15,18-19,22-24,27,35H2,1-4H3. The van der Waals surface area contributed by atoms with Gasteiger partial charge in [-0.1, -0.05) is 103 Å². The summed E-state index contributed by atoms with van der Waals surface area (Å²) >= 11 is 0. The number of aryl methyl sites for hydroxylation is 2. The van der Waals surface area contributed by atoms with Crippen molar-refractivity contribution in [1.29, 1.82) is 0 Å². The molecule has 0 heterocycles. The molecule has 0 spiro atoms. The fourth-order valence-corrected chi connectivity index (χ4v) is 5.92. The molecule has 1 atom stereocenters. The van der Waals surface area contributed by atoms with Gasteiger partial charge in [-0.2, -0.15) is 0 Å². The predicted octanol–water partition coefficient (Wildman–Crippen LogP) is 10.6. The van der Waals surface area contributed by atoms with Crippen LogP contribution in [0.15, 0.2) is 36.4 Å². The molecule has 0 saturated carbocycles. The van der Waals surface area contributed by atoms with E-state index in [2.05, 4.69) is 73.3 Å². The third kappa shape index (κ3) is 9.69. The largest absolute Gasteiger partial charge is 0.138 e. The van der Waals surface area contributed by atoms with Crippen LogP contribution in [0.4, 0.5) is 0 Å². The molecule has 0 fully saturated rings. The Balaban J connectivity index is 2.60. The predicted molar refractivity (Wildman–Crippen MR) is 162 cm³/mol. The van der Waals surface area contributed by atoms with Crippen molar-refractivity contribution in [3.05, 3.63) is 69.8 Å². The van der Waals surface area contributed by atoms with Crippen molar-refractivity contribution in [2.45, 2.75) is 136 Å². The lowest BCUT2D eigenvalue weighted by Crippen LogP contribution is -2.12. The van der Waals surface area contributed by atoms with Gasteiger partial charge in [-0.15, -0.1) is 9.24 Å². The molecule has 0 bridgehead atoms. The first kappa shape index (κ1) is 30.1. The van der Waals surface area contributed by atoms with Crippen molar-refractivity contribution in [3.63, 3.8) is 0 Å². The van der Waals surface area contributed by atoms with Gasteiger partial charge in [0.25, 0.3) is 0 Å². The lowest BCUT2D eigenvalue weighted by Gasteiger charge is -2.27. The number of hydrogen-bond acceptors (Lipinski definition) is 0. The van der Waals surface area contributed by atoms with Crippen LogP contribution in [-0.4, -0.2) is 6.16 Å². The molecule has 0 aliphatic rings. The highest BCUT2D eigenvalue weighted by Gasteiger charge is 2.22. The summed E-state index contributed by atoms with van der Waals surface area (Å²) in [5.41, 5.74) is 9.96. The van der Waals surface area contributed by atoms with Gasteiger partial charge >= 0.3 is 0 Å². The molecule has 0 aliphatic heterocycles. The Bertz CT molecular complexity index is 758. The van der Waals surface area contributed by atoms with E-state index < -0.39 is 0 Å². The van der Waals surface area contributed by atoms with E-state index >= 15 is 0 Å². The van der Waals surface area contributed by atoms with Gasteiger partial charge in [0.1, 0.15) is 0 Å². The molecule has 1 heteroatoms. The highest BCUT2D eigenvalue weighted by molar-refractivity contribution is 7.16. The molecule has 2 aromatic carbocycles. The fraction of sp³-hybridized carbons (Fsp3) is 0.647. The second-order valence-corrected chi connectivity index (χ2v) is 11.2. The van der Waals surface area contributed by atoms with E-state index in [4.69, 9.17) is 0 Å². The average Bonchev–Trinajstić information content (AvgIpc) is 2.88. The summed E-state index contributed by atoms with van der Waals surface area (Å²) in [4.78, 5) is 0. The maximum atomic E-state index is 2.92. The second kappa shape index (κ2) is 18.2. The number of rotatable bonds is 19. The van der Waals surface area contributed by atoms with Crippen molar-refractivity contribution in [2.75, 3.05) is 6.16 Å². The van der Waals surface area contributed by atoms with E-state index in [1.54, 1.807) is 33.4 Å². The topological polar surface area (TPSA) is 0 Å². The number of hydrogen-bond donors (Lipinski definition) is 0. The molecule has 196 valence electrons. The summed E-state index contributed by atoms with van der Waals surface area (Å²) in [6.07, 6.45) is 21.8. The Hall–Kier alpha value is -1.13. The Labute approximate surface area is 221 Å². The monoisotopic (exact) mass is 494 g/mol. The molecule has 0 saturated heterocycles. The SMILES string of the molecule is CCCCc1cccc(C(CCCCCP)c2cccc(CCCC)c2CCCC)c1CCCC. The zero-order valence-electron chi connectivity index (χ0n) is 23.6. The van der Waals surface area contributed by atoms with Crippen molar-refractivity contribution >= 4 is 9.24 Å². The summed E-state index contributed by atoms with van der Waals surface area (Å²) < 4.78 is 0. The molecule has 0 radical (unpaired) electrons. The summed E-state index contributed by atoms with van der Waals surface area (Å²) in [6, 6.07) is 14.6. The zero-order chi connectivity index (χ0) is 25.3. The van der Waals surface area contributed by atoms with Gasteiger partial charge in [0.2, 0.25) is 0 Å². The van der Waals surface area contributed by atoms with Gasteiger partial charge in [-0.05, 0) is 104 Å². The van der Waals surface area contributed by atoms with Gasteiger partial charge in [0.15, 0.2) is 0 Å². The van der Waals surface area contributed by atoms with E-state index in [1.807, 2.05) is 0 Å². The minimum atomic E-state index is 0.543. The lowest BCUT2D eigenvalue weighted by atomic mass is 9.77. The van der Waals surface area contributed by atoms with Gasteiger partial charge in [0.05, 0.1) is 0 Å². The van der Waals surface area contributed by atoms with Crippen molar-refractivity contribution in [1.82, 2.24) is 0 Å². The van der Waals surface area contributed by atoms with Gasteiger partial charge in [-0.25, -0.2) is 0 Å². The summed E-state index contributed by atoms with van der Waals surface area (Å²) in [5, 5.41) is 0. The molecule has 0 aliphatic carbocycles. The quantitative estimate of drug-likeness (QED) is 0.135. The van der Waals surface area contributed by atoms with Crippen LogP contribution in [0.1, 0.15) is 144 Å². The molecule has 1 unspecified atom stereocenters. The lowest BCUT2D eigenvalue weighted by molar-refractivity contribution is 0.607. The van der Waals surface area contributed by atoms with E-state index in [0.29, 0.717) is 5.92 Å². The summed E-state index contributed by atoms with van der Waals surface area (Å²) in [6.45, 7) is 9.33. The van der Waals surface area contributed by atoms with E-state index in [9.17, 15) is 0 Å². The zero-order valence-corrected chi connectivity index (χ0v) is 24.8. The minimum Gasteiger partial charge on any atom is -0.138 e. The van der Waals surface area contributed by atoms with Crippen LogP contribution in [0.2, 0.25) is 0 Å². The molecular formula is C34H55P. The molecule has 0 amide bonds. The van der Waals surface area contributed by atoms with Crippen LogP contribution in [0, 0.1) is 0 Å². The van der Waals surface area contributed by atoms with E-state index in [-0.39, 0.29) is 0 Å². The Morgan fingerprint density at radius 3 is 1.43 bits per heavy atom. The molecule has 0 N–H and O–H groups in total. The number of unbranched alkanes of at least 4 members (excludes halogenated alkanes) is 6. The van der Waals surface area contributed by atoms with Gasteiger partial charge in [-0.3, -0.25) is 0 Å². The second-order valence-electron chi connectivity index (χ2n) is 10.6. The minimum absolute atomic E-state index is 0.543. The first-order chi connectivity index (χ1) is 17.2. The third-order valence-electron chi connectivity index (χ3n) is 7.73. The molecule has 35 heavy (non-hydrogen) atoms. The van der Waals surface area contributed by atoms with Crippen LogP contribution >= 0.6 is 9.24 Å². The molecular weight excluding hydrogens is 439 g/mol. The van der Waals surface area contributed by atoms with Gasteiger partial charge in [0, 0.05) is 5.92 Å². The van der Waals surface area contributed by atoms with Crippen LogP contribution < -0.4 is 0 Å². The smallest absolute Gasteiger partial charge is 0.00950 e. The highest BCUT2D eigenvalue weighted by Crippen LogP contribution is 2.38. The van der Waals surface area contributed by atoms with Crippen molar-refractivity contribution in [2.24, 2.45) is 0 Å². The maximum Gasteiger partial charge on any atom is 0.00950 e. The fourth-order valence-electron chi connectivity index (χ4n) is 5.63. The average molecular weight is 495 g/mol.